The molecule has 2 aromatic rings. The van der Waals surface area contributed by atoms with E-state index in [0.717, 1.165) is 15.0 Å². The van der Waals surface area contributed by atoms with E-state index >= 15 is 0 Å². The summed E-state index contributed by atoms with van der Waals surface area (Å²) in [5.74, 6) is -0.0112. The van der Waals surface area contributed by atoms with E-state index in [0.29, 0.717) is 19.7 Å². The molecule has 0 spiro atoms. The number of ether oxygens (including phenoxy) is 1. The second kappa shape index (κ2) is 9.49. The minimum Gasteiger partial charge on any atom is -0.383 e. The number of carbonyl (C=O) groups excluding carboxylic acids is 1. The highest BCUT2D eigenvalue weighted by Gasteiger charge is 2.16. The van der Waals surface area contributed by atoms with E-state index in [4.69, 9.17) is 4.74 Å². The lowest BCUT2D eigenvalue weighted by Gasteiger charge is -2.10. The van der Waals surface area contributed by atoms with E-state index in [1.807, 2.05) is 37.3 Å². The topological polar surface area (TPSA) is 76.1 Å². The molecule has 1 heterocycles. The number of hydrogen-bond acceptors (Lipinski definition) is 7. The zero-order chi connectivity index (χ0) is 16.5. The van der Waals surface area contributed by atoms with Crippen molar-refractivity contribution in [2.45, 2.75) is 23.1 Å². The largest absolute Gasteiger partial charge is 0.383 e. The predicted molar refractivity (Wildman–Crippen MR) is 93.9 cm³/mol. The molecule has 1 aromatic carbocycles. The van der Waals surface area contributed by atoms with Gasteiger partial charge in [-0.2, -0.15) is 0 Å². The number of nitrogens with zero attached hydrogens (tertiary/aromatic N) is 2. The van der Waals surface area contributed by atoms with E-state index < -0.39 is 0 Å². The third kappa shape index (κ3) is 6.17. The Kier molecular flexibility index (Phi) is 7.31. The van der Waals surface area contributed by atoms with Gasteiger partial charge >= 0.3 is 0 Å². The molecule has 1 aromatic heterocycles. The molecule has 8 heteroatoms. The van der Waals surface area contributed by atoms with Gasteiger partial charge in [0.25, 0.3) is 0 Å². The summed E-state index contributed by atoms with van der Waals surface area (Å²) in [6.45, 7) is 3.69. The van der Waals surface area contributed by atoms with Crippen LogP contribution in [0.25, 0.3) is 0 Å². The number of benzene rings is 1. The van der Waals surface area contributed by atoms with Crippen molar-refractivity contribution in [1.29, 1.82) is 0 Å². The second-order valence-electron chi connectivity index (χ2n) is 4.76. The van der Waals surface area contributed by atoms with Crippen LogP contribution in [0.1, 0.15) is 12.5 Å². The van der Waals surface area contributed by atoms with Crippen LogP contribution < -0.4 is 10.6 Å². The zero-order valence-corrected chi connectivity index (χ0v) is 14.7. The van der Waals surface area contributed by atoms with E-state index in [1.165, 1.54) is 23.1 Å². The average Bonchev–Trinajstić information content (AvgIpc) is 3.01. The number of hydrogen-bond donors (Lipinski definition) is 2. The predicted octanol–water partition coefficient (Wildman–Crippen LogP) is 2.39. The van der Waals surface area contributed by atoms with Gasteiger partial charge in [0.05, 0.1) is 11.9 Å². The van der Waals surface area contributed by atoms with Crippen molar-refractivity contribution in [3.05, 3.63) is 35.9 Å². The number of anilines is 1. The molecule has 2 N–H and O–H groups in total. The molecule has 6 nitrogen and oxygen atoms in total. The summed E-state index contributed by atoms with van der Waals surface area (Å²) in [7, 11) is 1.65. The molecule has 0 aliphatic carbocycles. The lowest BCUT2D eigenvalue weighted by atomic mass is 10.2. The molecule has 0 fully saturated rings. The van der Waals surface area contributed by atoms with Gasteiger partial charge in [-0.3, -0.25) is 4.79 Å². The lowest BCUT2D eigenvalue weighted by Crippen LogP contribution is -2.30. The maximum absolute atomic E-state index is 12.1. The standard InChI is InChI=1S/C15H20N4O2S2/c1-11(13(20)17-10-12-6-4-3-5-7-12)22-15-19-18-14(23-15)16-8-9-21-2/h3-7,11H,8-10H2,1-2H3,(H,16,18)(H,17,20). The van der Waals surface area contributed by atoms with Gasteiger partial charge in [0.1, 0.15) is 0 Å². The summed E-state index contributed by atoms with van der Waals surface area (Å²) >= 11 is 2.85. The fourth-order valence-corrected chi connectivity index (χ4v) is 3.67. The molecule has 2 rings (SSSR count). The lowest BCUT2D eigenvalue weighted by molar-refractivity contribution is -0.120. The number of aromatic nitrogens is 2. The molecule has 1 atom stereocenters. The highest BCUT2D eigenvalue weighted by atomic mass is 32.2. The first-order chi connectivity index (χ1) is 11.2. The van der Waals surface area contributed by atoms with Crippen molar-refractivity contribution in [2.75, 3.05) is 25.6 Å². The fourth-order valence-electron chi connectivity index (χ4n) is 1.72. The van der Waals surface area contributed by atoms with Crippen LogP contribution in [-0.2, 0) is 16.1 Å². The van der Waals surface area contributed by atoms with Gasteiger partial charge in [0.2, 0.25) is 11.0 Å². The number of nitrogens with one attached hydrogen (secondary N) is 2. The molecule has 0 aliphatic heterocycles. The Bertz CT molecular complexity index is 607. The number of carbonyl (C=O) groups is 1. The molecule has 0 bridgehead atoms. The number of methoxy groups -OCH3 is 1. The Morgan fingerprint density at radius 2 is 2.13 bits per heavy atom. The van der Waals surface area contributed by atoms with Crippen molar-refractivity contribution in [2.24, 2.45) is 0 Å². The normalized spacial score (nSPS) is 11.9. The maximum Gasteiger partial charge on any atom is 0.233 e. The van der Waals surface area contributed by atoms with Crippen molar-refractivity contribution in [1.82, 2.24) is 15.5 Å². The first-order valence-corrected chi connectivity index (χ1v) is 8.93. The van der Waals surface area contributed by atoms with Crippen molar-refractivity contribution in [3.63, 3.8) is 0 Å². The van der Waals surface area contributed by atoms with Gasteiger partial charge in [0.15, 0.2) is 4.34 Å². The molecule has 1 amide bonds. The average molecular weight is 352 g/mol. The Balaban J connectivity index is 1.77. The summed E-state index contributed by atoms with van der Waals surface area (Å²) in [5, 5.41) is 14.7. The van der Waals surface area contributed by atoms with E-state index in [9.17, 15) is 4.79 Å². The van der Waals surface area contributed by atoms with Crippen LogP contribution >= 0.6 is 23.1 Å². The zero-order valence-electron chi connectivity index (χ0n) is 13.1. The van der Waals surface area contributed by atoms with E-state index in [-0.39, 0.29) is 11.2 Å². The quantitative estimate of drug-likeness (QED) is 0.533. The molecular weight excluding hydrogens is 332 g/mol. The SMILES string of the molecule is COCCNc1nnc(SC(C)C(=O)NCc2ccccc2)s1. The van der Waals surface area contributed by atoms with Crippen LogP contribution in [0.3, 0.4) is 0 Å². The smallest absolute Gasteiger partial charge is 0.233 e. The van der Waals surface area contributed by atoms with Crippen molar-refractivity contribution >= 4 is 34.1 Å². The molecule has 23 heavy (non-hydrogen) atoms. The summed E-state index contributed by atoms with van der Waals surface area (Å²) < 4.78 is 5.74. The summed E-state index contributed by atoms with van der Waals surface area (Å²) in [6.07, 6.45) is 0. The van der Waals surface area contributed by atoms with Gasteiger partial charge in [-0.25, -0.2) is 0 Å². The fraction of sp³-hybridized carbons (Fsp3) is 0.400. The molecule has 124 valence electrons. The number of amides is 1. The van der Waals surface area contributed by atoms with Crippen LogP contribution in [0, 0.1) is 0 Å². The minimum atomic E-state index is -0.224. The van der Waals surface area contributed by atoms with Crippen LogP contribution in [0.2, 0.25) is 0 Å². The minimum absolute atomic E-state index is 0.0112. The summed E-state index contributed by atoms with van der Waals surface area (Å²) in [6, 6.07) is 9.84. The Labute approximate surface area is 144 Å². The van der Waals surface area contributed by atoms with Crippen LogP contribution in [0.15, 0.2) is 34.7 Å². The van der Waals surface area contributed by atoms with Gasteiger partial charge in [-0.15, -0.1) is 10.2 Å². The Hall–Kier alpha value is -1.64. The third-order valence-electron chi connectivity index (χ3n) is 2.95. The van der Waals surface area contributed by atoms with Crippen molar-refractivity contribution in [3.8, 4) is 0 Å². The molecule has 1 unspecified atom stereocenters. The van der Waals surface area contributed by atoms with Crippen LogP contribution in [0.5, 0.6) is 0 Å². The first kappa shape index (κ1) is 17.7. The van der Waals surface area contributed by atoms with E-state index in [1.54, 1.807) is 7.11 Å². The molecule has 0 saturated heterocycles. The Morgan fingerprint density at radius 3 is 2.87 bits per heavy atom. The highest BCUT2D eigenvalue weighted by Crippen LogP contribution is 2.28. The summed E-state index contributed by atoms with van der Waals surface area (Å²) in [4.78, 5) is 12.1. The molecule has 0 saturated carbocycles. The number of rotatable bonds is 9. The number of thioether (sulfide) groups is 1. The monoisotopic (exact) mass is 352 g/mol. The van der Waals surface area contributed by atoms with Crippen LogP contribution in [-0.4, -0.2) is 41.6 Å². The molecular formula is C15H20N4O2S2. The highest BCUT2D eigenvalue weighted by molar-refractivity contribution is 8.02. The van der Waals surface area contributed by atoms with E-state index in [2.05, 4.69) is 20.8 Å². The van der Waals surface area contributed by atoms with Crippen molar-refractivity contribution < 1.29 is 9.53 Å². The van der Waals surface area contributed by atoms with Crippen LogP contribution in [0.4, 0.5) is 5.13 Å². The maximum atomic E-state index is 12.1. The van der Waals surface area contributed by atoms with Gasteiger partial charge < -0.3 is 15.4 Å². The van der Waals surface area contributed by atoms with Gasteiger partial charge in [0, 0.05) is 20.2 Å². The van der Waals surface area contributed by atoms with Gasteiger partial charge in [-0.05, 0) is 12.5 Å². The molecule has 0 radical (unpaired) electrons. The third-order valence-corrected chi connectivity index (χ3v) is 5.01. The first-order valence-electron chi connectivity index (χ1n) is 7.23. The second-order valence-corrected chi connectivity index (χ2v) is 7.32. The summed E-state index contributed by atoms with van der Waals surface area (Å²) in [5.41, 5.74) is 1.08. The Morgan fingerprint density at radius 1 is 1.35 bits per heavy atom. The van der Waals surface area contributed by atoms with Gasteiger partial charge in [-0.1, -0.05) is 53.4 Å². The molecule has 0 aliphatic rings.